The number of hydrogen-bond acceptors (Lipinski definition) is 7. The Kier molecular flexibility index (Phi) is 7.60. The molecular formula is C21H22O7. The molecule has 1 aromatic heterocycles. The summed E-state index contributed by atoms with van der Waals surface area (Å²) in [5.74, 6) is 0.606. The van der Waals surface area contributed by atoms with Crippen LogP contribution >= 0.6 is 0 Å². The van der Waals surface area contributed by atoms with Crippen LogP contribution in [-0.2, 0) is 4.79 Å². The standard InChI is InChI=1S/C15H10O2.C6H12O5/c16-13-10-15(11-6-2-1-3-7-11)17-14-9-5-4-8-12(13)14;1-3(8)5(10)6(11)4(9)2-7/h1-10H;2-6,8-11H,1H3. The molecule has 0 aliphatic heterocycles. The fourth-order valence-corrected chi connectivity index (χ4v) is 2.42. The molecule has 0 radical (unpaired) electrons. The second kappa shape index (κ2) is 9.91. The van der Waals surface area contributed by atoms with E-state index in [1.54, 1.807) is 6.07 Å². The highest BCUT2D eigenvalue weighted by molar-refractivity contribution is 5.78. The van der Waals surface area contributed by atoms with Gasteiger partial charge in [0.1, 0.15) is 29.7 Å². The van der Waals surface area contributed by atoms with Gasteiger partial charge >= 0.3 is 0 Å². The van der Waals surface area contributed by atoms with Crippen molar-refractivity contribution in [2.45, 2.75) is 31.3 Å². The van der Waals surface area contributed by atoms with E-state index in [1.807, 2.05) is 48.5 Å². The van der Waals surface area contributed by atoms with E-state index in [4.69, 9.17) is 24.8 Å². The van der Waals surface area contributed by atoms with Crippen molar-refractivity contribution in [3.05, 3.63) is 70.9 Å². The lowest BCUT2D eigenvalue weighted by Crippen LogP contribution is -2.43. The van der Waals surface area contributed by atoms with E-state index >= 15 is 0 Å². The third kappa shape index (κ3) is 5.34. The van der Waals surface area contributed by atoms with Crippen molar-refractivity contribution in [3.63, 3.8) is 0 Å². The summed E-state index contributed by atoms with van der Waals surface area (Å²) >= 11 is 0. The van der Waals surface area contributed by atoms with E-state index in [9.17, 15) is 9.59 Å². The van der Waals surface area contributed by atoms with Crippen LogP contribution in [0.3, 0.4) is 0 Å². The fourth-order valence-electron chi connectivity index (χ4n) is 2.42. The smallest absolute Gasteiger partial charge is 0.193 e. The monoisotopic (exact) mass is 386 g/mol. The van der Waals surface area contributed by atoms with E-state index in [2.05, 4.69) is 0 Å². The van der Waals surface area contributed by atoms with E-state index < -0.39 is 24.4 Å². The van der Waals surface area contributed by atoms with Crippen LogP contribution in [0.2, 0.25) is 0 Å². The molecule has 0 saturated carbocycles. The number of aliphatic hydroxyl groups is 4. The van der Waals surface area contributed by atoms with E-state index in [0.29, 0.717) is 16.7 Å². The molecule has 4 atom stereocenters. The number of fused-ring (bicyclic) bond motifs is 1. The molecule has 2 aromatic carbocycles. The predicted molar refractivity (Wildman–Crippen MR) is 104 cm³/mol. The number of carbonyl (C=O) groups excluding carboxylic acids is 1. The van der Waals surface area contributed by atoms with Gasteiger partial charge in [0.2, 0.25) is 0 Å². The number of para-hydroxylation sites is 1. The van der Waals surface area contributed by atoms with Gasteiger partial charge in [-0.1, -0.05) is 42.5 Å². The molecule has 4 N–H and O–H groups in total. The molecule has 0 amide bonds. The summed E-state index contributed by atoms with van der Waals surface area (Å²) in [4.78, 5) is 21.8. The first-order valence-corrected chi connectivity index (χ1v) is 8.61. The van der Waals surface area contributed by atoms with Gasteiger partial charge in [-0.25, -0.2) is 0 Å². The third-order valence-corrected chi connectivity index (χ3v) is 4.03. The van der Waals surface area contributed by atoms with E-state index in [-0.39, 0.29) is 11.7 Å². The number of aliphatic hydroxyl groups excluding tert-OH is 4. The number of hydrogen-bond donors (Lipinski definition) is 4. The molecule has 4 unspecified atom stereocenters. The minimum absolute atomic E-state index is 0.00861. The summed E-state index contributed by atoms with van der Waals surface area (Å²) in [6, 6.07) is 18.4. The Bertz CT molecular complexity index is 950. The maximum absolute atomic E-state index is 11.9. The molecule has 0 spiro atoms. The average Bonchev–Trinajstić information content (AvgIpc) is 2.73. The number of benzene rings is 2. The minimum Gasteiger partial charge on any atom is -0.456 e. The molecule has 28 heavy (non-hydrogen) atoms. The second-order valence-corrected chi connectivity index (χ2v) is 6.19. The zero-order valence-corrected chi connectivity index (χ0v) is 15.2. The molecule has 0 aliphatic rings. The van der Waals surface area contributed by atoms with Crippen molar-refractivity contribution in [3.8, 4) is 11.3 Å². The van der Waals surface area contributed by atoms with Crippen molar-refractivity contribution < 1.29 is 29.6 Å². The average molecular weight is 386 g/mol. The van der Waals surface area contributed by atoms with Crippen LogP contribution in [0, 0.1) is 0 Å². The van der Waals surface area contributed by atoms with Crippen LogP contribution in [0.1, 0.15) is 6.92 Å². The van der Waals surface area contributed by atoms with Crippen LogP contribution in [0.5, 0.6) is 0 Å². The molecule has 7 nitrogen and oxygen atoms in total. The van der Waals surface area contributed by atoms with Crippen molar-refractivity contribution in [2.75, 3.05) is 0 Å². The van der Waals surface area contributed by atoms with Gasteiger partial charge in [0.25, 0.3) is 0 Å². The van der Waals surface area contributed by atoms with Crippen molar-refractivity contribution in [1.82, 2.24) is 0 Å². The fraction of sp³-hybridized carbons (Fsp3) is 0.238. The molecule has 7 heteroatoms. The first-order valence-electron chi connectivity index (χ1n) is 8.61. The van der Waals surface area contributed by atoms with Crippen molar-refractivity contribution in [2.24, 2.45) is 0 Å². The highest BCUT2D eigenvalue weighted by atomic mass is 16.4. The first kappa shape index (κ1) is 21.5. The molecule has 0 bridgehead atoms. The molecule has 3 rings (SSSR count). The summed E-state index contributed by atoms with van der Waals surface area (Å²) in [6.45, 7) is 1.24. The Morgan fingerprint density at radius 1 is 0.893 bits per heavy atom. The number of rotatable bonds is 5. The molecule has 0 saturated heterocycles. The molecule has 0 aliphatic carbocycles. The Hall–Kier alpha value is -2.84. The number of carbonyl (C=O) groups is 1. The van der Waals surface area contributed by atoms with Gasteiger partial charge in [-0.05, 0) is 19.1 Å². The van der Waals surface area contributed by atoms with Crippen LogP contribution in [0.4, 0.5) is 0 Å². The molecular weight excluding hydrogens is 364 g/mol. The topological polar surface area (TPSA) is 128 Å². The highest BCUT2D eigenvalue weighted by Crippen LogP contribution is 2.21. The molecule has 3 aromatic rings. The SMILES string of the molecule is CC(O)C(O)C(O)C(O)C=O.O=c1cc(-c2ccccc2)oc2ccccc12. The molecule has 1 heterocycles. The summed E-state index contributed by atoms with van der Waals surface area (Å²) in [5.41, 5.74) is 1.53. The minimum atomic E-state index is -1.65. The zero-order chi connectivity index (χ0) is 20.7. The second-order valence-electron chi connectivity index (χ2n) is 6.19. The highest BCUT2D eigenvalue weighted by Gasteiger charge is 2.27. The summed E-state index contributed by atoms with van der Waals surface area (Å²) in [7, 11) is 0. The third-order valence-electron chi connectivity index (χ3n) is 4.03. The molecule has 0 fully saturated rings. The maximum Gasteiger partial charge on any atom is 0.193 e. The Balaban J connectivity index is 0.000000224. The van der Waals surface area contributed by atoms with Gasteiger partial charge in [0.05, 0.1) is 11.5 Å². The lowest BCUT2D eigenvalue weighted by atomic mass is 10.1. The van der Waals surface area contributed by atoms with Gasteiger partial charge in [-0.15, -0.1) is 0 Å². The predicted octanol–water partition coefficient (Wildman–Crippen LogP) is 1.11. The number of aldehydes is 1. The van der Waals surface area contributed by atoms with Crippen molar-refractivity contribution >= 4 is 17.3 Å². The lowest BCUT2D eigenvalue weighted by Gasteiger charge is -2.21. The lowest BCUT2D eigenvalue weighted by molar-refractivity contribution is -0.132. The Morgan fingerprint density at radius 2 is 1.50 bits per heavy atom. The summed E-state index contributed by atoms with van der Waals surface area (Å²) < 4.78 is 5.73. The van der Waals surface area contributed by atoms with Gasteiger partial charge < -0.3 is 29.6 Å². The van der Waals surface area contributed by atoms with Gasteiger partial charge in [-0.2, -0.15) is 0 Å². The van der Waals surface area contributed by atoms with E-state index in [0.717, 1.165) is 5.56 Å². The largest absolute Gasteiger partial charge is 0.456 e. The Labute approximate surface area is 161 Å². The van der Waals surface area contributed by atoms with Crippen LogP contribution in [-0.4, -0.2) is 51.1 Å². The van der Waals surface area contributed by atoms with E-state index in [1.165, 1.54) is 13.0 Å². The van der Waals surface area contributed by atoms with Gasteiger partial charge in [0.15, 0.2) is 11.7 Å². The van der Waals surface area contributed by atoms with Crippen LogP contribution in [0.15, 0.2) is 69.9 Å². The first-order chi connectivity index (χ1) is 13.3. The summed E-state index contributed by atoms with van der Waals surface area (Å²) in [6.07, 6.45) is -5.88. The quantitative estimate of drug-likeness (QED) is 0.484. The molecule has 148 valence electrons. The Morgan fingerprint density at radius 3 is 2.11 bits per heavy atom. The van der Waals surface area contributed by atoms with Crippen LogP contribution in [0.25, 0.3) is 22.3 Å². The zero-order valence-electron chi connectivity index (χ0n) is 15.2. The summed E-state index contributed by atoms with van der Waals surface area (Å²) in [5, 5.41) is 35.7. The normalized spacial score (nSPS) is 15.0. The van der Waals surface area contributed by atoms with Crippen molar-refractivity contribution in [1.29, 1.82) is 0 Å². The maximum atomic E-state index is 11.9. The van der Waals surface area contributed by atoms with Gasteiger partial charge in [0, 0.05) is 11.6 Å². The van der Waals surface area contributed by atoms with Gasteiger partial charge in [-0.3, -0.25) is 4.79 Å². The van der Waals surface area contributed by atoms with Crippen LogP contribution < -0.4 is 5.43 Å².